The van der Waals surface area contributed by atoms with Crippen LogP contribution in [0, 0.1) is 6.92 Å². The quantitative estimate of drug-likeness (QED) is 0.807. The van der Waals surface area contributed by atoms with E-state index in [9.17, 15) is 18.0 Å². The molecule has 1 saturated heterocycles. The summed E-state index contributed by atoms with van der Waals surface area (Å²) in [7, 11) is 0. The zero-order valence-electron chi connectivity index (χ0n) is 14.1. The maximum Gasteiger partial charge on any atom is 0.490 e. The van der Waals surface area contributed by atoms with Crippen molar-refractivity contribution in [1.29, 1.82) is 0 Å². The first kappa shape index (κ1) is 19.2. The largest absolute Gasteiger partial charge is 0.490 e. The predicted octanol–water partition coefficient (Wildman–Crippen LogP) is 2.16. The lowest BCUT2D eigenvalue weighted by molar-refractivity contribution is -0.192. The molecule has 2 aliphatic heterocycles. The summed E-state index contributed by atoms with van der Waals surface area (Å²) in [6.07, 6.45) is -3.04. The van der Waals surface area contributed by atoms with Crippen LogP contribution in [-0.4, -0.2) is 53.7 Å². The average molecular weight is 358 g/mol. The van der Waals surface area contributed by atoms with Gasteiger partial charge in [0.1, 0.15) is 0 Å². The lowest BCUT2D eigenvalue weighted by Gasteiger charge is -2.41. The SMILES string of the molecule is CCc1cc(C)c2c(c1)C[C@@H]1CNCCN1C2=O.O=C(O)C(F)(F)F. The molecule has 0 unspecified atom stereocenters. The normalized spacial score (nSPS) is 19.5. The van der Waals surface area contributed by atoms with Gasteiger partial charge in [-0.1, -0.05) is 19.1 Å². The zero-order chi connectivity index (χ0) is 18.8. The summed E-state index contributed by atoms with van der Waals surface area (Å²) in [5.41, 5.74) is 4.70. The van der Waals surface area contributed by atoms with Crippen molar-refractivity contribution in [3.05, 3.63) is 34.4 Å². The predicted molar refractivity (Wildman–Crippen MR) is 85.6 cm³/mol. The molecule has 0 spiro atoms. The Hall–Kier alpha value is -2.09. The first-order chi connectivity index (χ1) is 11.6. The highest BCUT2D eigenvalue weighted by Gasteiger charge is 2.38. The summed E-state index contributed by atoms with van der Waals surface area (Å²) in [6.45, 7) is 6.93. The number of benzene rings is 1. The van der Waals surface area contributed by atoms with E-state index in [2.05, 4.69) is 36.2 Å². The maximum absolute atomic E-state index is 12.6. The second-order valence-corrected chi connectivity index (χ2v) is 6.16. The highest BCUT2D eigenvalue weighted by molar-refractivity contribution is 5.98. The van der Waals surface area contributed by atoms with Crippen LogP contribution >= 0.6 is 0 Å². The number of halogens is 3. The lowest BCUT2D eigenvalue weighted by atomic mass is 9.87. The molecule has 0 aliphatic carbocycles. The van der Waals surface area contributed by atoms with E-state index in [1.807, 2.05) is 0 Å². The van der Waals surface area contributed by atoms with E-state index in [0.717, 1.165) is 43.6 Å². The Kier molecular flexibility index (Phi) is 5.72. The molecule has 0 aromatic heterocycles. The summed E-state index contributed by atoms with van der Waals surface area (Å²) >= 11 is 0. The number of carbonyl (C=O) groups excluding carboxylic acids is 1. The fourth-order valence-corrected chi connectivity index (χ4v) is 3.22. The van der Waals surface area contributed by atoms with E-state index < -0.39 is 12.1 Å². The molecule has 138 valence electrons. The topological polar surface area (TPSA) is 69.6 Å². The molecule has 2 N–H and O–H groups in total. The smallest absolute Gasteiger partial charge is 0.475 e. The molecule has 1 atom stereocenters. The molecule has 1 fully saturated rings. The van der Waals surface area contributed by atoms with Crippen LogP contribution in [0.3, 0.4) is 0 Å². The Morgan fingerprint density at radius 1 is 1.40 bits per heavy atom. The monoisotopic (exact) mass is 358 g/mol. The highest BCUT2D eigenvalue weighted by atomic mass is 19.4. The molecule has 3 rings (SSSR count). The summed E-state index contributed by atoms with van der Waals surface area (Å²) in [4.78, 5) is 23.5. The second kappa shape index (κ2) is 7.43. The fourth-order valence-electron chi connectivity index (χ4n) is 3.22. The van der Waals surface area contributed by atoms with Gasteiger partial charge in [-0.25, -0.2) is 4.79 Å². The number of rotatable bonds is 1. The Morgan fingerprint density at radius 3 is 2.60 bits per heavy atom. The van der Waals surface area contributed by atoms with Crippen LogP contribution in [0.25, 0.3) is 0 Å². The Bertz CT molecular complexity index is 674. The third-order valence-corrected chi connectivity index (χ3v) is 4.41. The fraction of sp³-hybridized carbons (Fsp3) is 0.529. The van der Waals surface area contributed by atoms with Gasteiger partial charge in [-0.05, 0) is 36.5 Å². The second-order valence-electron chi connectivity index (χ2n) is 6.16. The van der Waals surface area contributed by atoms with Crippen LogP contribution in [0.15, 0.2) is 12.1 Å². The number of aliphatic carboxylic acids is 1. The van der Waals surface area contributed by atoms with Gasteiger partial charge in [-0.3, -0.25) is 4.79 Å². The van der Waals surface area contributed by atoms with E-state index in [1.165, 1.54) is 11.1 Å². The van der Waals surface area contributed by atoms with Crippen LogP contribution in [-0.2, 0) is 17.6 Å². The van der Waals surface area contributed by atoms with Crippen molar-refractivity contribution in [3.8, 4) is 0 Å². The van der Waals surface area contributed by atoms with Crippen molar-refractivity contribution in [2.24, 2.45) is 0 Å². The minimum absolute atomic E-state index is 0.239. The molecule has 5 nitrogen and oxygen atoms in total. The van der Waals surface area contributed by atoms with Gasteiger partial charge in [0, 0.05) is 31.2 Å². The van der Waals surface area contributed by atoms with Gasteiger partial charge < -0.3 is 15.3 Å². The highest BCUT2D eigenvalue weighted by Crippen LogP contribution is 2.28. The van der Waals surface area contributed by atoms with Crippen molar-refractivity contribution in [2.45, 2.75) is 38.9 Å². The van der Waals surface area contributed by atoms with Gasteiger partial charge in [-0.15, -0.1) is 0 Å². The molecule has 1 aromatic rings. The Balaban J connectivity index is 0.000000277. The first-order valence-corrected chi connectivity index (χ1v) is 8.09. The zero-order valence-corrected chi connectivity index (χ0v) is 14.1. The van der Waals surface area contributed by atoms with Crippen molar-refractivity contribution in [3.63, 3.8) is 0 Å². The number of hydrogen-bond acceptors (Lipinski definition) is 3. The number of alkyl halides is 3. The van der Waals surface area contributed by atoms with E-state index in [0.29, 0.717) is 6.04 Å². The summed E-state index contributed by atoms with van der Waals surface area (Å²) < 4.78 is 31.7. The molecule has 8 heteroatoms. The number of carboxylic acid groups (broad SMARTS) is 1. The summed E-state index contributed by atoms with van der Waals surface area (Å²) in [5, 5.41) is 10.5. The number of amides is 1. The minimum Gasteiger partial charge on any atom is -0.475 e. The number of aryl methyl sites for hydroxylation is 2. The molecule has 1 amide bonds. The van der Waals surface area contributed by atoms with Crippen molar-refractivity contribution >= 4 is 11.9 Å². The Labute approximate surface area is 143 Å². The van der Waals surface area contributed by atoms with E-state index in [1.54, 1.807) is 0 Å². The molecular formula is C17H21F3N2O3. The molecular weight excluding hydrogens is 337 g/mol. The number of nitrogens with one attached hydrogen (secondary N) is 1. The molecule has 25 heavy (non-hydrogen) atoms. The molecule has 2 aliphatic rings. The van der Waals surface area contributed by atoms with Crippen LogP contribution in [0.4, 0.5) is 13.2 Å². The van der Waals surface area contributed by atoms with Gasteiger partial charge in [0.15, 0.2) is 0 Å². The third kappa shape index (κ3) is 4.31. The van der Waals surface area contributed by atoms with Gasteiger partial charge in [-0.2, -0.15) is 13.2 Å². The molecule has 2 heterocycles. The molecule has 0 bridgehead atoms. The molecule has 0 radical (unpaired) electrons. The first-order valence-electron chi connectivity index (χ1n) is 8.09. The van der Waals surface area contributed by atoms with Crippen molar-refractivity contribution < 1.29 is 27.9 Å². The van der Waals surface area contributed by atoms with Gasteiger partial charge in [0.05, 0.1) is 0 Å². The van der Waals surface area contributed by atoms with E-state index in [4.69, 9.17) is 9.90 Å². The Morgan fingerprint density at radius 2 is 2.04 bits per heavy atom. The number of piperazine rings is 1. The number of carboxylic acids is 1. The standard InChI is InChI=1S/C15H20N2O.C2HF3O2/c1-3-11-6-10(2)14-12(7-11)8-13-9-16-4-5-17(13)15(14)18;3-2(4,5)1(6)7/h6-7,13,16H,3-5,8-9H2,1-2H3;(H,6,7)/t13-;/m1./s1. The van der Waals surface area contributed by atoms with Crippen molar-refractivity contribution in [1.82, 2.24) is 10.2 Å². The minimum atomic E-state index is -5.08. The number of carbonyl (C=O) groups is 2. The summed E-state index contributed by atoms with van der Waals surface area (Å²) in [5.74, 6) is -2.52. The molecule has 1 aromatic carbocycles. The summed E-state index contributed by atoms with van der Waals surface area (Å²) in [6, 6.07) is 4.75. The number of fused-ring (bicyclic) bond motifs is 2. The van der Waals surface area contributed by atoms with Crippen LogP contribution in [0.5, 0.6) is 0 Å². The van der Waals surface area contributed by atoms with E-state index >= 15 is 0 Å². The van der Waals surface area contributed by atoms with Gasteiger partial charge in [0.2, 0.25) is 0 Å². The number of nitrogens with zero attached hydrogens (tertiary/aromatic N) is 1. The van der Waals surface area contributed by atoms with Gasteiger partial charge in [0.25, 0.3) is 5.91 Å². The van der Waals surface area contributed by atoms with E-state index in [-0.39, 0.29) is 5.91 Å². The van der Waals surface area contributed by atoms with Crippen LogP contribution in [0.2, 0.25) is 0 Å². The number of hydrogen-bond donors (Lipinski definition) is 2. The van der Waals surface area contributed by atoms with Crippen LogP contribution < -0.4 is 5.32 Å². The van der Waals surface area contributed by atoms with Crippen LogP contribution in [0.1, 0.15) is 34.0 Å². The third-order valence-electron chi connectivity index (χ3n) is 4.41. The average Bonchev–Trinajstić information content (AvgIpc) is 2.54. The van der Waals surface area contributed by atoms with Crippen molar-refractivity contribution in [2.75, 3.05) is 19.6 Å². The maximum atomic E-state index is 12.6. The lowest BCUT2D eigenvalue weighted by Crippen LogP contribution is -2.56. The molecule has 0 saturated carbocycles. The van der Waals surface area contributed by atoms with Gasteiger partial charge >= 0.3 is 12.1 Å².